The molecule has 0 heterocycles. The molecule has 0 unspecified atom stereocenters. The van der Waals surface area contributed by atoms with Crippen molar-refractivity contribution in [1.29, 1.82) is 0 Å². The first-order valence-corrected chi connectivity index (χ1v) is 7.67. The van der Waals surface area contributed by atoms with Crippen LogP contribution in [0, 0.1) is 0 Å². The molecule has 1 rings (SSSR count). The molecule has 0 bridgehead atoms. The van der Waals surface area contributed by atoms with Gasteiger partial charge in [0, 0.05) is 0 Å². The molecular formula is C18H29BO. The van der Waals surface area contributed by atoms with Crippen LogP contribution in [0.15, 0.2) is 12.1 Å². The fourth-order valence-electron chi connectivity index (χ4n) is 2.53. The molecule has 0 spiro atoms. The SMILES string of the molecule is C=BCc1cc(C(C)(C)C)cc(C(C)(CC)CC)c1O. The Morgan fingerprint density at radius 3 is 2.05 bits per heavy atom. The first-order chi connectivity index (χ1) is 9.19. The van der Waals surface area contributed by atoms with Crippen molar-refractivity contribution >= 4 is 13.4 Å². The molecule has 1 aromatic carbocycles. The number of phenolic OH excluding ortho intramolecular Hbond substituents is 1. The second kappa shape index (κ2) is 6.16. The fraction of sp³-hybridized carbons (Fsp3) is 0.611. The number of rotatable bonds is 5. The summed E-state index contributed by atoms with van der Waals surface area (Å²) < 4.78 is 0. The van der Waals surface area contributed by atoms with E-state index in [2.05, 4.69) is 60.1 Å². The van der Waals surface area contributed by atoms with Crippen LogP contribution < -0.4 is 0 Å². The van der Waals surface area contributed by atoms with Gasteiger partial charge in [0.1, 0.15) is 0 Å². The van der Waals surface area contributed by atoms with Crippen molar-refractivity contribution in [2.45, 2.75) is 71.5 Å². The third kappa shape index (κ3) is 3.34. The van der Waals surface area contributed by atoms with Gasteiger partial charge < -0.3 is 0 Å². The molecule has 1 nitrogen and oxygen atoms in total. The van der Waals surface area contributed by atoms with E-state index in [9.17, 15) is 5.11 Å². The molecule has 0 aliphatic rings. The molecular weight excluding hydrogens is 243 g/mol. The Morgan fingerprint density at radius 1 is 1.10 bits per heavy atom. The van der Waals surface area contributed by atoms with Gasteiger partial charge in [-0.05, 0) is 0 Å². The number of hydrogen-bond donors (Lipinski definition) is 1. The van der Waals surface area contributed by atoms with Crippen LogP contribution in [0.4, 0.5) is 0 Å². The Labute approximate surface area is 125 Å². The van der Waals surface area contributed by atoms with E-state index < -0.39 is 0 Å². The van der Waals surface area contributed by atoms with Crippen molar-refractivity contribution in [3.05, 3.63) is 28.8 Å². The quantitative estimate of drug-likeness (QED) is 0.787. The molecule has 0 amide bonds. The van der Waals surface area contributed by atoms with E-state index >= 15 is 0 Å². The third-order valence-electron chi connectivity index (χ3n) is 4.63. The Morgan fingerprint density at radius 2 is 1.65 bits per heavy atom. The number of phenols is 1. The van der Waals surface area contributed by atoms with Crippen LogP contribution in [0.3, 0.4) is 0 Å². The van der Waals surface area contributed by atoms with Gasteiger partial charge in [0.15, 0.2) is 0 Å². The van der Waals surface area contributed by atoms with E-state index in [0.29, 0.717) is 12.1 Å². The number of hydrogen-bond acceptors (Lipinski definition) is 1. The molecule has 20 heavy (non-hydrogen) atoms. The van der Waals surface area contributed by atoms with Gasteiger partial charge in [0.2, 0.25) is 0 Å². The summed E-state index contributed by atoms with van der Waals surface area (Å²) in [7, 11) is 0. The van der Waals surface area contributed by atoms with Crippen molar-refractivity contribution in [1.82, 2.24) is 0 Å². The molecule has 2 heteroatoms. The van der Waals surface area contributed by atoms with Crippen LogP contribution in [-0.4, -0.2) is 18.5 Å². The molecule has 0 saturated carbocycles. The molecule has 110 valence electrons. The van der Waals surface area contributed by atoms with Crippen molar-refractivity contribution < 1.29 is 5.11 Å². The zero-order valence-electron chi connectivity index (χ0n) is 14.0. The van der Waals surface area contributed by atoms with E-state index in [-0.39, 0.29) is 10.8 Å². The van der Waals surface area contributed by atoms with E-state index in [4.69, 9.17) is 0 Å². The van der Waals surface area contributed by atoms with Gasteiger partial charge in [0.25, 0.3) is 0 Å². The molecule has 0 saturated heterocycles. The molecule has 0 aromatic heterocycles. The summed E-state index contributed by atoms with van der Waals surface area (Å²) in [5, 5.41) is 10.7. The van der Waals surface area contributed by atoms with Crippen LogP contribution in [0.5, 0.6) is 5.75 Å². The number of aromatic hydroxyl groups is 1. The summed E-state index contributed by atoms with van der Waals surface area (Å²) in [5.74, 6) is 0.462. The minimum atomic E-state index is 0.0290. The summed E-state index contributed by atoms with van der Waals surface area (Å²) in [4.78, 5) is 0. The average Bonchev–Trinajstić information content (AvgIpc) is 2.39. The standard InChI is InChI=1S/C18H29BO/c1-8-18(6,9-2)15-11-14(17(3,4)5)10-13(12-19-7)16(15)20/h10-11,20H,7-9,12H2,1-6H3. The van der Waals surface area contributed by atoms with Crippen LogP contribution >= 0.6 is 0 Å². The molecule has 0 atom stereocenters. The predicted molar refractivity (Wildman–Crippen MR) is 91.3 cm³/mol. The van der Waals surface area contributed by atoms with Crippen molar-refractivity contribution in [2.75, 3.05) is 0 Å². The topological polar surface area (TPSA) is 20.2 Å². The summed E-state index contributed by atoms with van der Waals surface area (Å²) in [6.45, 7) is 19.0. The zero-order chi connectivity index (χ0) is 15.6. The van der Waals surface area contributed by atoms with E-state index in [1.807, 2.05) is 6.92 Å². The predicted octanol–water partition coefficient (Wildman–Crippen LogP) is 4.40. The molecule has 1 N–H and O–H groups in total. The van der Waals surface area contributed by atoms with Gasteiger partial charge in [-0.3, -0.25) is 0 Å². The Hall–Kier alpha value is -1.05. The van der Waals surface area contributed by atoms with E-state index in [1.165, 1.54) is 5.56 Å². The Bertz CT molecular complexity index is 479. The van der Waals surface area contributed by atoms with Gasteiger partial charge in [0.05, 0.1) is 0 Å². The maximum atomic E-state index is 10.7. The summed E-state index contributed by atoms with van der Waals surface area (Å²) in [6.07, 6.45) is 2.77. The summed E-state index contributed by atoms with van der Waals surface area (Å²) in [5.41, 5.74) is 3.49. The monoisotopic (exact) mass is 272 g/mol. The first-order valence-electron chi connectivity index (χ1n) is 7.67. The van der Waals surface area contributed by atoms with Gasteiger partial charge in [-0.1, -0.05) is 0 Å². The molecule has 0 aliphatic heterocycles. The van der Waals surface area contributed by atoms with Gasteiger partial charge in [-0.2, -0.15) is 0 Å². The minimum absolute atomic E-state index is 0.0290. The second-order valence-corrected chi connectivity index (χ2v) is 7.04. The van der Waals surface area contributed by atoms with Gasteiger partial charge >= 0.3 is 125 Å². The summed E-state index contributed by atoms with van der Waals surface area (Å²) in [6, 6.07) is 4.33. The molecule has 0 aliphatic carbocycles. The normalized spacial score (nSPS) is 12.3. The molecule has 1 aromatic rings. The van der Waals surface area contributed by atoms with Crippen molar-refractivity contribution in [3.63, 3.8) is 0 Å². The van der Waals surface area contributed by atoms with Crippen LogP contribution in [0.2, 0.25) is 0 Å². The maximum absolute atomic E-state index is 10.7. The second-order valence-electron chi connectivity index (χ2n) is 7.04. The Kier molecular flexibility index (Phi) is 5.24. The van der Waals surface area contributed by atoms with Crippen molar-refractivity contribution in [3.8, 4) is 5.75 Å². The zero-order valence-corrected chi connectivity index (χ0v) is 14.0. The van der Waals surface area contributed by atoms with Crippen LogP contribution in [0.25, 0.3) is 0 Å². The van der Waals surface area contributed by atoms with E-state index in [0.717, 1.165) is 24.0 Å². The fourth-order valence-corrected chi connectivity index (χ4v) is 2.53. The van der Waals surface area contributed by atoms with Crippen LogP contribution in [-0.2, 0) is 17.2 Å². The number of benzene rings is 1. The Balaban J connectivity index is 3.57. The average molecular weight is 272 g/mol. The molecule has 0 fully saturated rings. The molecule has 0 radical (unpaired) electrons. The van der Waals surface area contributed by atoms with E-state index in [1.54, 1.807) is 0 Å². The summed E-state index contributed by atoms with van der Waals surface area (Å²) >= 11 is 0. The van der Waals surface area contributed by atoms with Gasteiger partial charge in [-0.15, -0.1) is 0 Å². The first kappa shape index (κ1) is 17.0. The van der Waals surface area contributed by atoms with Gasteiger partial charge in [-0.25, -0.2) is 0 Å². The van der Waals surface area contributed by atoms with Crippen LogP contribution in [0.1, 0.15) is 71.1 Å². The third-order valence-corrected chi connectivity index (χ3v) is 4.63. The van der Waals surface area contributed by atoms with Crippen molar-refractivity contribution in [2.24, 2.45) is 0 Å².